The van der Waals surface area contributed by atoms with Gasteiger partial charge in [-0.25, -0.2) is 9.59 Å². The van der Waals surface area contributed by atoms with Crippen LogP contribution in [-0.4, -0.2) is 34.7 Å². The first-order valence-corrected chi connectivity index (χ1v) is 4.33. The number of aliphatic hydroxyl groups is 1. The first-order valence-electron chi connectivity index (χ1n) is 4.33. The Kier molecular flexibility index (Phi) is 5.72. The summed E-state index contributed by atoms with van der Waals surface area (Å²) in [7, 11) is 0. The van der Waals surface area contributed by atoms with Gasteiger partial charge in [0, 0.05) is 24.2 Å². The molecule has 0 fully saturated rings. The van der Waals surface area contributed by atoms with Crippen LogP contribution in [0.25, 0.3) is 0 Å². The average molecular weight is 228 g/mol. The SMILES string of the molecule is C=C(CC(=O)OC(=O)C(=C)CCO)C(=O)O. The third kappa shape index (κ3) is 5.06. The zero-order valence-electron chi connectivity index (χ0n) is 8.56. The fourth-order valence-electron chi connectivity index (χ4n) is 0.699. The maximum Gasteiger partial charge on any atom is 0.341 e. The largest absolute Gasteiger partial charge is 0.478 e. The summed E-state index contributed by atoms with van der Waals surface area (Å²) in [6, 6.07) is 0. The molecule has 0 heterocycles. The van der Waals surface area contributed by atoms with Crippen molar-refractivity contribution in [3.05, 3.63) is 24.3 Å². The van der Waals surface area contributed by atoms with Crippen LogP contribution in [0.4, 0.5) is 0 Å². The van der Waals surface area contributed by atoms with E-state index in [1.54, 1.807) is 0 Å². The molecule has 0 aliphatic rings. The van der Waals surface area contributed by atoms with Crippen LogP contribution in [0.15, 0.2) is 24.3 Å². The lowest BCUT2D eigenvalue weighted by Crippen LogP contribution is -2.16. The monoisotopic (exact) mass is 228 g/mol. The first-order chi connectivity index (χ1) is 7.38. The zero-order valence-corrected chi connectivity index (χ0v) is 8.56. The molecule has 0 radical (unpaired) electrons. The average Bonchev–Trinajstić information content (AvgIpc) is 2.17. The smallest absolute Gasteiger partial charge is 0.341 e. The molecule has 88 valence electrons. The molecular formula is C10H12O6. The molecule has 0 aliphatic carbocycles. The topological polar surface area (TPSA) is 101 Å². The van der Waals surface area contributed by atoms with E-state index in [-0.39, 0.29) is 24.2 Å². The third-order valence-electron chi connectivity index (χ3n) is 1.57. The number of hydrogen-bond donors (Lipinski definition) is 2. The number of rotatable bonds is 6. The molecule has 2 N–H and O–H groups in total. The van der Waals surface area contributed by atoms with Crippen molar-refractivity contribution < 1.29 is 29.3 Å². The Morgan fingerprint density at radius 2 is 1.69 bits per heavy atom. The molecule has 0 amide bonds. The van der Waals surface area contributed by atoms with Crippen molar-refractivity contribution in [1.29, 1.82) is 0 Å². The molecular weight excluding hydrogens is 216 g/mol. The van der Waals surface area contributed by atoms with Gasteiger partial charge in [-0.2, -0.15) is 0 Å². The van der Waals surface area contributed by atoms with E-state index in [2.05, 4.69) is 17.9 Å². The van der Waals surface area contributed by atoms with Crippen LogP contribution < -0.4 is 0 Å². The van der Waals surface area contributed by atoms with Crippen LogP contribution >= 0.6 is 0 Å². The van der Waals surface area contributed by atoms with Gasteiger partial charge in [-0.05, 0) is 0 Å². The Morgan fingerprint density at radius 3 is 2.12 bits per heavy atom. The molecule has 0 saturated heterocycles. The normalized spacial score (nSPS) is 9.31. The molecule has 16 heavy (non-hydrogen) atoms. The third-order valence-corrected chi connectivity index (χ3v) is 1.57. The number of ether oxygens (including phenoxy) is 1. The standard InChI is InChI=1S/C10H12O6/c1-6(3-4-11)10(15)16-8(12)5-7(2)9(13)14/h11H,1-5H2,(H,13,14). The highest BCUT2D eigenvalue weighted by molar-refractivity contribution is 5.99. The summed E-state index contributed by atoms with van der Waals surface area (Å²) < 4.78 is 4.27. The van der Waals surface area contributed by atoms with Crippen LogP contribution in [0.1, 0.15) is 12.8 Å². The maximum absolute atomic E-state index is 11.1. The molecule has 6 heteroatoms. The highest BCUT2D eigenvalue weighted by atomic mass is 16.6. The molecule has 0 saturated carbocycles. The second kappa shape index (κ2) is 6.52. The molecule has 0 aliphatic heterocycles. The van der Waals surface area contributed by atoms with E-state index < -0.39 is 24.3 Å². The van der Waals surface area contributed by atoms with Crippen LogP contribution in [-0.2, 0) is 19.1 Å². The number of esters is 2. The molecule has 0 rings (SSSR count). The van der Waals surface area contributed by atoms with Gasteiger partial charge in [-0.3, -0.25) is 4.79 Å². The predicted molar refractivity (Wildman–Crippen MR) is 53.3 cm³/mol. The summed E-state index contributed by atoms with van der Waals surface area (Å²) in [4.78, 5) is 32.4. The van der Waals surface area contributed by atoms with Crippen LogP contribution in [0.3, 0.4) is 0 Å². The minimum atomic E-state index is -1.33. The van der Waals surface area contributed by atoms with Crippen LogP contribution in [0, 0.1) is 0 Å². The quantitative estimate of drug-likeness (QED) is 0.377. The lowest BCUT2D eigenvalue weighted by Gasteiger charge is -2.04. The van der Waals surface area contributed by atoms with Gasteiger partial charge in [0.1, 0.15) is 0 Å². The lowest BCUT2D eigenvalue weighted by molar-refractivity contribution is -0.157. The van der Waals surface area contributed by atoms with Gasteiger partial charge in [0.25, 0.3) is 0 Å². The molecule has 6 nitrogen and oxygen atoms in total. The number of aliphatic hydroxyl groups excluding tert-OH is 1. The second-order valence-electron chi connectivity index (χ2n) is 2.92. The van der Waals surface area contributed by atoms with Crippen LogP contribution in [0.2, 0.25) is 0 Å². The van der Waals surface area contributed by atoms with Crippen molar-refractivity contribution in [2.24, 2.45) is 0 Å². The van der Waals surface area contributed by atoms with E-state index in [9.17, 15) is 14.4 Å². The van der Waals surface area contributed by atoms with Crippen molar-refractivity contribution in [2.75, 3.05) is 6.61 Å². The van der Waals surface area contributed by atoms with Crippen molar-refractivity contribution in [3.63, 3.8) is 0 Å². The Morgan fingerprint density at radius 1 is 1.12 bits per heavy atom. The fraction of sp³-hybridized carbons (Fsp3) is 0.300. The second-order valence-corrected chi connectivity index (χ2v) is 2.92. The molecule has 0 atom stereocenters. The van der Waals surface area contributed by atoms with Crippen LogP contribution in [0.5, 0.6) is 0 Å². The summed E-state index contributed by atoms with van der Waals surface area (Å²) in [5.74, 6) is -3.33. The molecule has 0 aromatic heterocycles. The number of carbonyl (C=O) groups excluding carboxylic acids is 2. The molecule has 0 spiro atoms. The van der Waals surface area contributed by atoms with Crippen molar-refractivity contribution >= 4 is 17.9 Å². The summed E-state index contributed by atoms with van der Waals surface area (Å²) in [5.41, 5.74) is -0.428. The minimum absolute atomic E-state index is 0.00795. The highest BCUT2D eigenvalue weighted by Crippen LogP contribution is 2.04. The Labute approximate surface area is 91.8 Å². The lowest BCUT2D eigenvalue weighted by atomic mass is 10.2. The summed E-state index contributed by atoms with van der Waals surface area (Å²) in [6.45, 7) is 6.11. The van der Waals surface area contributed by atoms with Gasteiger partial charge in [-0.1, -0.05) is 13.2 Å². The van der Waals surface area contributed by atoms with E-state index >= 15 is 0 Å². The van der Waals surface area contributed by atoms with Crippen molar-refractivity contribution in [1.82, 2.24) is 0 Å². The molecule has 0 unspecified atom stereocenters. The fourth-order valence-corrected chi connectivity index (χ4v) is 0.699. The van der Waals surface area contributed by atoms with Gasteiger partial charge < -0.3 is 14.9 Å². The number of aliphatic carboxylic acids is 1. The molecule has 0 aromatic rings. The van der Waals surface area contributed by atoms with Gasteiger partial charge >= 0.3 is 17.9 Å². The number of carbonyl (C=O) groups is 3. The van der Waals surface area contributed by atoms with Crippen molar-refractivity contribution in [3.8, 4) is 0 Å². The first kappa shape index (κ1) is 14.1. The Balaban J connectivity index is 4.16. The molecule has 0 bridgehead atoms. The van der Waals surface area contributed by atoms with Gasteiger partial charge in [0.15, 0.2) is 0 Å². The number of carboxylic acids is 1. The van der Waals surface area contributed by atoms with Gasteiger partial charge in [0.2, 0.25) is 0 Å². The Bertz CT molecular complexity index is 341. The number of hydrogen-bond acceptors (Lipinski definition) is 5. The van der Waals surface area contributed by atoms with Gasteiger partial charge in [-0.15, -0.1) is 0 Å². The summed E-state index contributed by atoms with van der Waals surface area (Å²) >= 11 is 0. The minimum Gasteiger partial charge on any atom is -0.478 e. The van der Waals surface area contributed by atoms with Gasteiger partial charge in [0.05, 0.1) is 6.42 Å². The summed E-state index contributed by atoms with van der Waals surface area (Å²) in [6.07, 6.45) is -0.584. The highest BCUT2D eigenvalue weighted by Gasteiger charge is 2.16. The Hall–Kier alpha value is -1.95. The van der Waals surface area contributed by atoms with E-state index in [0.717, 1.165) is 0 Å². The summed E-state index contributed by atoms with van der Waals surface area (Å²) in [5, 5.41) is 16.9. The van der Waals surface area contributed by atoms with E-state index in [1.165, 1.54) is 0 Å². The van der Waals surface area contributed by atoms with E-state index in [1.807, 2.05) is 0 Å². The molecule has 0 aromatic carbocycles. The number of carboxylic acid groups (broad SMARTS) is 1. The van der Waals surface area contributed by atoms with E-state index in [0.29, 0.717) is 0 Å². The van der Waals surface area contributed by atoms with E-state index in [4.69, 9.17) is 10.2 Å². The van der Waals surface area contributed by atoms with Crippen molar-refractivity contribution in [2.45, 2.75) is 12.8 Å². The predicted octanol–water partition coefficient (Wildman–Crippen LogP) is 0.0257. The zero-order chi connectivity index (χ0) is 12.7. The maximum atomic E-state index is 11.1.